The van der Waals surface area contributed by atoms with Crippen molar-refractivity contribution in [3.8, 4) is 5.75 Å². The number of amides is 3. The van der Waals surface area contributed by atoms with E-state index in [-0.39, 0.29) is 5.91 Å². The zero-order chi connectivity index (χ0) is 31.5. The molecule has 0 aliphatic carbocycles. The van der Waals surface area contributed by atoms with Crippen LogP contribution >= 0.6 is 0 Å². The van der Waals surface area contributed by atoms with E-state index < -0.39 is 0 Å². The summed E-state index contributed by atoms with van der Waals surface area (Å²) in [6.07, 6.45) is 9.46. The summed E-state index contributed by atoms with van der Waals surface area (Å²) in [6.45, 7) is 8.29. The Bertz CT molecular complexity index is 1370. The number of rotatable bonds is 11. The van der Waals surface area contributed by atoms with E-state index in [0.717, 1.165) is 54.8 Å². The second kappa shape index (κ2) is 19.2. The molecule has 0 fully saturated rings. The second-order valence-corrected chi connectivity index (χ2v) is 9.74. The van der Waals surface area contributed by atoms with Gasteiger partial charge in [0.25, 0.3) is 5.91 Å². The van der Waals surface area contributed by atoms with E-state index in [4.69, 9.17) is 10.5 Å². The molecule has 0 spiro atoms. The third-order valence-corrected chi connectivity index (χ3v) is 6.01. The minimum Gasteiger partial charge on any atom is -0.497 e. The van der Waals surface area contributed by atoms with E-state index in [1.165, 1.54) is 0 Å². The van der Waals surface area contributed by atoms with Crippen molar-refractivity contribution in [2.45, 2.75) is 46.6 Å². The van der Waals surface area contributed by atoms with Gasteiger partial charge >= 0.3 is 0 Å². The molecule has 2 aromatic carbocycles. The first-order valence-corrected chi connectivity index (χ1v) is 14.2. The van der Waals surface area contributed by atoms with Crippen molar-refractivity contribution in [2.75, 3.05) is 25.5 Å². The topological polar surface area (TPSA) is 139 Å². The molecule has 228 valence electrons. The van der Waals surface area contributed by atoms with Crippen LogP contribution in [0.5, 0.6) is 5.75 Å². The first-order chi connectivity index (χ1) is 20.8. The highest BCUT2D eigenvalue weighted by Crippen LogP contribution is 2.27. The SMILES string of the molecule is CC1=Cc2ccc(C(=O)Nc3cncc(CNC=O)c3)cc2N=C(N)C1.CCCN(C=O)CCC.COc1ccccc1. The number of benzene rings is 2. The summed E-state index contributed by atoms with van der Waals surface area (Å²) in [5.41, 5.74) is 10.5. The number of anilines is 1. The molecule has 0 saturated heterocycles. The fraction of sp³-hybridized carbons (Fsp3) is 0.303. The van der Waals surface area contributed by atoms with E-state index in [9.17, 15) is 14.4 Å². The molecule has 2 heterocycles. The van der Waals surface area contributed by atoms with E-state index >= 15 is 0 Å². The maximum atomic E-state index is 12.6. The molecule has 10 heteroatoms. The Morgan fingerprint density at radius 1 is 1.05 bits per heavy atom. The number of para-hydroxylation sites is 1. The predicted molar refractivity (Wildman–Crippen MR) is 172 cm³/mol. The minimum atomic E-state index is -0.270. The summed E-state index contributed by atoms with van der Waals surface area (Å²) < 4.78 is 4.91. The van der Waals surface area contributed by atoms with Crippen molar-refractivity contribution in [1.82, 2.24) is 15.2 Å². The Hall–Kier alpha value is -4.99. The number of nitrogens with one attached hydrogen (secondary N) is 2. The molecule has 3 amide bonds. The van der Waals surface area contributed by atoms with Gasteiger partial charge < -0.3 is 26.0 Å². The number of fused-ring (bicyclic) bond motifs is 1. The van der Waals surface area contributed by atoms with Crippen LogP contribution in [0.2, 0.25) is 0 Å². The number of amidine groups is 1. The maximum Gasteiger partial charge on any atom is 0.255 e. The summed E-state index contributed by atoms with van der Waals surface area (Å²) in [6, 6.07) is 16.8. The number of hydrogen-bond acceptors (Lipinski definition) is 7. The van der Waals surface area contributed by atoms with Gasteiger partial charge in [0.1, 0.15) is 11.6 Å². The third kappa shape index (κ3) is 12.6. The monoisotopic (exact) mass is 586 g/mol. The quantitative estimate of drug-likeness (QED) is 0.259. The van der Waals surface area contributed by atoms with Crippen LogP contribution in [-0.4, -0.2) is 54.6 Å². The molecule has 1 aliphatic rings. The van der Waals surface area contributed by atoms with Gasteiger partial charge in [0.05, 0.1) is 24.7 Å². The number of nitrogens with two attached hydrogens (primary N) is 1. The van der Waals surface area contributed by atoms with Gasteiger partial charge in [-0.1, -0.05) is 49.8 Å². The van der Waals surface area contributed by atoms with Crippen LogP contribution in [0.25, 0.3) is 6.08 Å². The van der Waals surface area contributed by atoms with Gasteiger partial charge in [0.15, 0.2) is 0 Å². The summed E-state index contributed by atoms with van der Waals surface area (Å²) in [5.74, 6) is 1.16. The van der Waals surface area contributed by atoms with Crippen molar-refractivity contribution < 1.29 is 19.1 Å². The minimum absolute atomic E-state index is 0.270. The largest absolute Gasteiger partial charge is 0.497 e. The van der Waals surface area contributed by atoms with Gasteiger partial charge in [0.2, 0.25) is 12.8 Å². The van der Waals surface area contributed by atoms with Crippen molar-refractivity contribution in [3.05, 3.63) is 89.3 Å². The standard InChI is InChI=1S/C19H19N5O2.C7H15NO.C7H8O/c1-12-4-14-2-3-15(7-17(14)24-18(20)5-12)19(26)23-16-6-13(8-21-10-16)9-22-11-25;1-3-5-8(7-9)6-4-2;1-8-7-5-3-2-4-6-7/h2-4,6-8,10-11H,5,9H2,1H3,(H2,20,24)(H,22,25)(H,23,26);7H,3-6H2,1-2H3;2-6H,1H3. The number of hydrogen-bond donors (Lipinski definition) is 3. The molecule has 4 rings (SSSR count). The lowest BCUT2D eigenvalue weighted by Gasteiger charge is -2.13. The molecule has 0 saturated carbocycles. The van der Waals surface area contributed by atoms with Crippen molar-refractivity contribution in [1.29, 1.82) is 0 Å². The number of aliphatic imine (C=N–C) groups is 1. The van der Waals surface area contributed by atoms with Crippen molar-refractivity contribution in [3.63, 3.8) is 0 Å². The number of carbonyl (C=O) groups excluding carboxylic acids is 3. The highest BCUT2D eigenvalue weighted by molar-refractivity contribution is 6.05. The predicted octanol–water partition coefficient (Wildman–Crippen LogP) is 5.34. The molecule has 0 atom stereocenters. The first-order valence-electron chi connectivity index (χ1n) is 14.2. The highest BCUT2D eigenvalue weighted by atomic mass is 16.5. The first kappa shape index (κ1) is 34.2. The van der Waals surface area contributed by atoms with Gasteiger partial charge in [-0.15, -0.1) is 0 Å². The second-order valence-electron chi connectivity index (χ2n) is 9.74. The summed E-state index contributed by atoms with van der Waals surface area (Å²) in [5, 5.41) is 5.36. The molecule has 0 unspecified atom stereocenters. The average Bonchev–Trinajstić information content (AvgIpc) is 3.16. The molecule has 0 bridgehead atoms. The molecule has 1 aliphatic heterocycles. The summed E-state index contributed by atoms with van der Waals surface area (Å²) in [4.78, 5) is 43.4. The number of pyridine rings is 1. The van der Waals surface area contributed by atoms with E-state index in [1.807, 2.05) is 49.4 Å². The Balaban J connectivity index is 0.000000310. The fourth-order valence-electron chi connectivity index (χ4n) is 4.06. The van der Waals surface area contributed by atoms with E-state index in [1.54, 1.807) is 42.6 Å². The third-order valence-electron chi connectivity index (χ3n) is 6.01. The lowest BCUT2D eigenvalue weighted by molar-refractivity contribution is -0.118. The van der Waals surface area contributed by atoms with Gasteiger partial charge in [-0.2, -0.15) is 0 Å². The van der Waals surface area contributed by atoms with Crippen LogP contribution in [0.1, 0.15) is 61.5 Å². The molecule has 3 aromatic rings. The van der Waals surface area contributed by atoms with Crippen LogP contribution in [-0.2, 0) is 16.1 Å². The number of methoxy groups -OCH3 is 1. The molecular formula is C33H42N6O4. The highest BCUT2D eigenvalue weighted by Gasteiger charge is 2.12. The van der Waals surface area contributed by atoms with Crippen molar-refractivity contribution in [2.24, 2.45) is 10.7 Å². The Labute approximate surface area is 254 Å². The normalized spacial score (nSPS) is 11.3. The van der Waals surface area contributed by atoms with Crippen LogP contribution in [0.3, 0.4) is 0 Å². The number of carbonyl (C=O) groups is 3. The lowest BCUT2D eigenvalue weighted by Crippen LogP contribution is -2.23. The van der Waals surface area contributed by atoms with Gasteiger partial charge in [-0.3, -0.25) is 19.4 Å². The van der Waals surface area contributed by atoms with E-state index in [2.05, 4.69) is 34.5 Å². The fourth-order valence-corrected chi connectivity index (χ4v) is 4.06. The number of aromatic nitrogens is 1. The average molecular weight is 587 g/mol. The lowest BCUT2D eigenvalue weighted by atomic mass is 10.1. The Morgan fingerprint density at radius 2 is 1.77 bits per heavy atom. The van der Waals surface area contributed by atoms with Gasteiger partial charge in [0, 0.05) is 43.4 Å². The molecule has 10 nitrogen and oxygen atoms in total. The van der Waals surface area contributed by atoms with Gasteiger partial charge in [-0.05, 0) is 55.7 Å². The number of ether oxygens (including phenoxy) is 1. The maximum absolute atomic E-state index is 12.6. The molecule has 43 heavy (non-hydrogen) atoms. The molecule has 4 N–H and O–H groups in total. The molecule has 1 aromatic heterocycles. The van der Waals surface area contributed by atoms with Crippen LogP contribution < -0.4 is 21.1 Å². The van der Waals surface area contributed by atoms with Crippen LogP contribution in [0.4, 0.5) is 11.4 Å². The van der Waals surface area contributed by atoms with E-state index in [0.29, 0.717) is 42.1 Å². The van der Waals surface area contributed by atoms with Gasteiger partial charge in [-0.25, -0.2) is 4.99 Å². The zero-order valence-electron chi connectivity index (χ0n) is 25.4. The van der Waals surface area contributed by atoms with Crippen LogP contribution in [0.15, 0.2) is 77.6 Å². The van der Waals surface area contributed by atoms with Crippen molar-refractivity contribution >= 4 is 42.0 Å². The Kier molecular flexibility index (Phi) is 15.3. The summed E-state index contributed by atoms with van der Waals surface area (Å²) >= 11 is 0. The molecule has 0 radical (unpaired) electrons. The Morgan fingerprint density at radius 3 is 2.37 bits per heavy atom. The summed E-state index contributed by atoms with van der Waals surface area (Å²) in [7, 11) is 1.66. The smallest absolute Gasteiger partial charge is 0.255 e. The molecular weight excluding hydrogens is 544 g/mol. The number of nitrogens with zero attached hydrogens (tertiary/aromatic N) is 3. The van der Waals surface area contributed by atoms with Crippen LogP contribution in [0, 0.1) is 0 Å². The zero-order valence-corrected chi connectivity index (χ0v) is 25.4.